The Balaban J connectivity index is 1.53. The second-order valence-corrected chi connectivity index (χ2v) is 8.67. The van der Waals surface area contributed by atoms with E-state index in [2.05, 4.69) is 46.3 Å². The zero-order valence-corrected chi connectivity index (χ0v) is 17.7. The van der Waals surface area contributed by atoms with Gasteiger partial charge in [-0.1, -0.05) is 30.3 Å². The maximum atomic E-state index is 13.4. The highest BCUT2D eigenvalue weighted by atomic mass is 32.1. The number of rotatable bonds is 4. The Morgan fingerprint density at radius 1 is 1.00 bits per heavy atom. The normalized spacial score (nSPS) is 20.5. The van der Waals surface area contributed by atoms with Crippen LogP contribution in [0.5, 0.6) is 5.75 Å². The van der Waals surface area contributed by atoms with E-state index < -0.39 is 0 Å². The van der Waals surface area contributed by atoms with Crippen LogP contribution in [-0.2, 0) is 4.79 Å². The van der Waals surface area contributed by atoms with E-state index in [0.717, 1.165) is 39.7 Å². The van der Waals surface area contributed by atoms with Crippen LogP contribution in [-0.4, -0.2) is 12.4 Å². The van der Waals surface area contributed by atoms with Gasteiger partial charge in [0.1, 0.15) is 5.75 Å². The Bertz CT molecular complexity index is 1090. The Labute approximate surface area is 180 Å². The van der Waals surface area contributed by atoms with E-state index in [0.29, 0.717) is 13.0 Å². The van der Waals surface area contributed by atoms with Crippen LogP contribution in [0.1, 0.15) is 42.2 Å². The molecule has 2 aromatic carbocycles. The number of para-hydroxylation sites is 2. The third kappa shape index (κ3) is 3.50. The van der Waals surface area contributed by atoms with Gasteiger partial charge in [-0.3, -0.25) is 4.79 Å². The highest BCUT2D eigenvalue weighted by Crippen LogP contribution is 2.45. The van der Waals surface area contributed by atoms with E-state index in [9.17, 15) is 4.79 Å². The summed E-state index contributed by atoms with van der Waals surface area (Å²) in [4.78, 5) is 14.6. The number of ketones is 1. The van der Waals surface area contributed by atoms with E-state index in [1.54, 1.807) is 11.3 Å². The van der Waals surface area contributed by atoms with Crippen LogP contribution in [0.15, 0.2) is 77.3 Å². The molecular weight excluding hydrogens is 392 g/mol. The highest BCUT2D eigenvalue weighted by molar-refractivity contribution is 7.10. The molecule has 0 bridgehead atoms. The number of hydrogen-bond donors (Lipinski definition) is 2. The van der Waals surface area contributed by atoms with Gasteiger partial charge in [0.25, 0.3) is 0 Å². The van der Waals surface area contributed by atoms with Crippen molar-refractivity contribution in [1.29, 1.82) is 0 Å². The molecule has 1 aliphatic carbocycles. The first-order valence-electron chi connectivity index (χ1n) is 10.4. The fraction of sp³-hybridized carbons (Fsp3) is 0.240. The Kier molecular flexibility index (Phi) is 5.05. The second kappa shape index (κ2) is 8.00. The third-order valence-corrected chi connectivity index (χ3v) is 6.74. The largest absolute Gasteiger partial charge is 0.494 e. The summed E-state index contributed by atoms with van der Waals surface area (Å²) in [6.07, 6.45) is 1.33. The molecule has 2 heterocycles. The minimum Gasteiger partial charge on any atom is -0.494 e. The predicted octanol–water partition coefficient (Wildman–Crippen LogP) is 6.13. The van der Waals surface area contributed by atoms with Gasteiger partial charge in [0.2, 0.25) is 0 Å². The zero-order valence-electron chi connectivity index (χ0n) is 16.9. The summed E-state index contributed by atoms with van der Waals surface area (Å²) >= 11 is 1.68. The quantitative estimate of drug-likeness (QED) is 0.537. The monoisotopic (exact) mass is 416 g/mol. The Hall–Kier alpha value is -3.05. The minimum absolute atomic E-state index is 0.120. The summed E-state index contributed by atoms with van der Waals surface area (Å²) in [5, 5.41) is 9.28. The van der Waals surface area contributed by atoms with Crippen molar-refractivity contribution in [2.45, 2.75) is 31.7 Å². The first kappa shape index (κ1) is 18.9. The molecule has 5 heteroatoms. The summed E-state index contributed by atoms with van der Waals surface area (Å²) in [5.41, 5.74) is 5.12. The second-order valence-electron chi connectivity index (χ2n) is 7.69. The zero-order chi connectivity index (χ0) is 20.5. The average Bonchev–Trinajstić information content (AvgIpc) is 3.23. The molecule has 0 spiro atoms. The molecule has 1 aromatic heterocycles. The van der Waals surface area contributed by atoms with Crippen molar-refractivity contribution in [3.63, 3.8) is 0 Å². The molecule has 0 radical (unpaired) electrons. The van der Waals surface area contributed by atoms with Crippen LogP contribution >= 0.6 is 11.3 Å². The van der Waals surface area contributed by atoms with Crippen molar-refractivity contribution in [1.82, 2.24) is 0 Å². The molecule has 30 heavy (non-hydrogen) atoms. The molecule has 2 atom stereocenters. The molecule has 2 aliphatic rings. The fourth-order valence-corrected chi connectivity index (χ4v) is 5.18. The molecule has 5 rings (SSSR count). The number of Topliss-reactive ketones (excluding diaryl/α,β-unsaturated/α-hetero) is 1. The molecule has 1 aliphatic heterocycles. The minimum atomic E-state index is -0.120. The van der Waals surface area contributed by atoms with Crippen LogP contribution in [0.25, 0.3) is 0 Å². The first-order valence-corrected chi connectivity index (χ1v) is 11.3. The molecule has 0 fully saturated rings. The SMILES string of the molecule is CCOc1ccc(C2CC(=O)C3=C(C2)Nc2ccccc2NC3c2cccs2)cc1. The number of allylic oxidation sites excluding steroid dienone is 1. The van der Waals surface area contributed by atoms with Gasteiger partial charge in [0, 0.05) is 22.6 Å². The highest BCUT2D eigenvalue weighted by Gasteiger charge is 2.36. The lowest BCUT2D eigenvalue weighted by atomic mass is 9.79. The Morgan fingerprint density at radius 3 is 2.53 bits per heavy atom. The van der Waals surface area contributed by atoms with Gasteiger partial charge < -0.3 is 15.4 Å². The number of thiophene rings is 1. The van der Waals surface area contributed by atoms with Crippen molar-refractivity contribution in [2.75, 3.05) is 17.2 Å². The fourth-order valence-electron chi connectivity index (χ4n) is 4.40. The van der Waals surface area contributed by atoms with E-state index in [1.807, 2.05) is 37.3 Å². The van der Waals surface area contributed by atoms with Crippen molar-refractivity contribution in [2.24, 2.45) is 0 Å². The number of benzene rings is 2. The molecular formula is C25H24N2O2S. The topological polar surface area (TPSA) is 50.4 Å². The maximum Gasteiger partial charge on any atom is 0.163 e. The first-order chi connectivity index (χ1) is 14.7. The molecule has 3 aromatic rings. The van der Waals surface area contributed by atoms with Gasteiger partial charge in [-0.2, -0.15) is 0 Å². The summed E-state index contributed by atoms with van der Waals surface area (Å²) in [6, 6.07) is 20.4. The summed E-state index contributed by atoms with van der Waals surface area (Å²) in [7, 11) is 0. The van der Waals surface area contributed by atoms with Crippen molar-refractivity contribution in [3.8, 4) is 5.75 Å². The molecule has 0 saturated carbocycles. The van der Waals surface area contributed by atoms with Gasteiger partial charge in [0.15, 0.2) is 5.78 Å². The van der Waals surface area contributed by atoms with Gasteiger partial charge >= 0.3 is 0 Å². The van der Waals surface area contributed by atoms with E-state index in [1.165, 1.54) is 5.56 Å². The molecule has 4 nitrogen and oxygen atoms in total. The van der Waals surface area contributed by atoms with E-state index in [4.69, 9.17) is 4.74 Å². The van der Waals surface area contributed by atoms with Crippen molar-refractivity contribution >= 4 is 28.5 Å². The third-order valence-electron chi connectivity index (χ3n) is 5.80. The standard InChI is InChI=1S/C25H24N2O2S/c1-2-29-18-11-9-16(10-12-18)17-14-21-24(22(28)15-17)25(23-8-5-13-30-23)27-20-7-4-3-6-19(20)26-21/h3-13,17,25-27H,2,14-15H2,1H3. The lowest BCUT2D eigenvalue weighted by Crippen LogP contribution is -2.26. The van der Waals surface area contributed by atoms with Crippen molar-refractivity contribution < 1.29 is 9.53 Å². The van der Waals surface area contributed by atoms with Crippen LogP contribution in [0.2, 0.25) is 0 Å². The van der Waals surface area contributed by atoms with Gasteiger partial charge in [-0.05, 0) is 60.5 Å². The Morgan fingerprint density at radius 2 is 1.80 bits per heavy atom. The number of ether oxygens (including phenoxy) is 1. The lowest BCUT2D eigenvalue weighted by molar-refractivity contribution is -0.116. The summed E-state index contributed by atoms with van der Waals surface area (Å²) in [6.45, 7) is 2.63. The number of nitrogens with one attached hydrogen (secondary N) is 2. The molecule has 0 amide bonds. The number of carbonyl (C=O) groups excluding carboxylic acids is 1. The summed E-state index contributed by atoms with van der Waals surface area (Å²) < 4.78 is 5.57. The number of carbonyl (C=O) groups is 1. The van der Waals surface area contributed by atoms with E-state index in [-0.39, 0.29) is 17.7 Å². The molecule has 152 valence electrons. The summed E-state index contributed by atoms with van der Waals surface area (Å²) in [5.74, 6) is 1.24. The lowest BCUT2D eigenvalue weighted by Gasteiger charge is -2.29. The number of fused-ring (bicyclic) bond motifs is 1. The van der Waals surface area contributed by atoms with Crippen LogP contribution in [0.3, 0.4) is 0 Å². The van der Waals surface area contributed by atoms with Crippen LogP contribution in [0.4, 0.5) is 11.4 Å². The van der Waals surface area contributed by atoms with Crippen molar-refractivity contribution in [3.05, 3.63) is 87.8 Å². The van der Waals surface area contributed by atoms with Crippen LogP contribution in [0, 0.1) is 0 Å². The van der Waals surface area contributed by atoms with Gasteiger partial charge in [-0.25, -0.2) is 0 Å². The van der Waals surface area contributed by atoms with Gasteiger partial charge in [-0.15, -0.1) is 11.3 Å². The van der Waals surface area contributed by atoms with Gasteiger partial charge in [0.05, 0.1) is 24.0 Å². The molecule has 2 unspecified atom stereocenters. The predicted molar refractivity (Wildman–Crippen MR) is 122 cm³/mol. The number of hydrogen-bond acceptors (Lipinski definition) is 5. The average molecular weight is 417 g/mol. The van der Waals surface area contributed by atoms with Crippen LogP contribution < -0.4 is 15.4 Å². The molecule has 2 N–H and O–H groups in total. The van der Waals surface area contributed by atoms with E-state index >= 15 is 0 Å². The molecule has 0 saturated heterocycles. The smallest absolute Gasteiger partial charge is 0.163 e. The number of anilines is 2. The maximum absolute atomic E-state index is 13.4.